The summed E-state index contributed by atoms with van der Waals surface area (Å²) in [6.07, 6.45) is 11.5. The molecule has 0 bridgehead atoms. The minimum atomic E-state index is -4.61. The van der Waals surface area contributed by atoms with Crippen LogP contribution in [0.5, 0.6) is 5.75 Å². The second-order valence-corrected chi connectivity index (χ2v) is 27.6. The van der Waals surface area contributed by atoms with Crippen LogP contribution in [-0.2, 0) is 62.0 Å². The van der Waals surface area contributed by atoms with Gasteiger partial charge in [0.2, 0.25) is 23.2 Å². The second kappa shape index (κ2) is 25.7. The summed E-state index contributed by atoms with van der Waals surface area (Å²) in [5.74, 6) is 6.23. The SMILES string of the molecule is C=C1C(/C=C/C2=C(Oc3ccc(S(=O)(=O)O)cc3)C(=C/C=C3/N(CCCCCC(=O)NCCC(=O)N4Cc5ccccc5C#Cc5ccccc54)c4ccc(S(=O)(=O)O)cc4C3(C)C)/CCC2)=[N+](CCCCS(=O)(=O)O)c2ccc(S(=O)(=O)O)cc21. The molecule has 5 N–H and O–H groups in total. The Morgan fingerprint density at radius 1 is 0.709 bits per heavy atom. The molecule has 0 atom stereocenters. The van der Waals surface area contributed by atoms with Crippen molar-refractivity contribution in [3.05, 3.63) is 190 Å². The summed E-state index contributed by atoms with van der Waals surface area (Å²) >= 11 is 0. The van der Waals surface area contributed by atoms with E-state index in [9.17, 15) is 61.5 Å². The van der Waals surface area contributed by atoms with Crippen LogP contribution in [0.3, 0.4) is 0 Å². The molecule has 0 radical (unpaired) electrons. The van der Waals surface area contributed by atoms with Crippen LogP contribution >= 0.6 is 0 Å². The molecular formula is C63H65N4O15S4+. The van der Waals surface area contributed by atoms with Gasteiger partial charge in [0.05, 0.1) is 43.8 Å². The number of rotatable bonds is 22. The molecule has 0 saturated carbocycles. The molecule has 0 unspecified atom stereocenters. The van der Waals surface area contributed by atoms with Gasteiger partial charge in [0.25, 0.3) is 40.5 Å². The van der Waals surface area contributed by atoms with Crippen molar-refractivity contribution in [3.8, 4) is 17.6 Å². The molecule has 4 aliphatic rings. The van der Waals surface area contributed by atoms with Gasteiger partial charge in [-0.2, -0.15) is 38.2 Å². The Labute approximate surface area is 501 Å². The maximum Gasteiger partial charge on any atom is 0.294 e. The molecule has 5 aromatic rings. The predicted molar refractivity (Wildman–Crippen MR) is 327 cm³/mol. The van der Waals surface area contributed by atoms with Crippen LogP contribution in [0.1, 0.15) is 106 Å². The number of fused-ring (bicyclic) bond motifs is 4. The summed E-state index contributed by atoms with van der Waals surface area (Å²) < 4.78 is 144. The average Bonchev–Trinajstić information content (AvgIpc) is 1.73. The largest absolute Gasteiger partial charge is 0.457 e. The quantitative estimate of drug-likeness (QED) is 0.0186. The summed E-state index contributed by atoms with van der Waals surface area (Å²) in [5.41, 5.74) is 7.78. The van der Waals surface area contributed by atoms with Crippen molar-refractivity contribution >= 4 is 80.6 Å². The van der Waals surface area contributed by atoms with Gasteiger partial charge in [0, 0.05) is 72.4 Å². The van der Waals surface area contributed by atoms with Gasteiger partial charge < -0.3 is 19.9 Å². The predicted octanol–water partition coefficient (Wildman–Crippen LogP) is 9.90. The van der Waals surface area contributed by atoms with E-state index in [0.717, 1.165) is 22.4 Å². The Morgan fingerprint density at radius 3 is 2.09 bits per heavy atom. The summed E-state index contributed by atoms with van der Waals surface area (Å²) in [7, 11) is -18.0. The second-order valence-electron chi connectivity index (χ2n) is 21.7. The molecule has 0 saturated heterocycles. The van der Waals surface area contributed by atoms with Crippen molar-refractivity contribution in [3.63, 3.8) is 0 Å². The average molecular weight is 1250 g/mol. The van der Waals surface area contributed by atoms with Crippen LogP contribution in [0.25, 0.3) is 5.57 Å². The lowest BCUT2D eigenvalue weighted by Crippen LogP contribution is -2.35. The van der Waals surface area contributed by atoms with Crippen LogP contribution in [0.15, 0.2) is 177 Å². The lowest BCUT2D eigenvalue weighted by Gasteiger charge is -2.27. The zero-order valence-corrected chi connectivity index (χ0v) is 50.5. The number of nitrogens with one attached hydrogen (secondary N) is 1. The van der Waals surface area contributed by atoms with Gasteiger partial charge in [-0.25, -0.2) is 0 Å². The lowest BCUT2D eigenvalue weighted by atomic mass is 9.83. The first-order valence-corrected chi connectivity index (χ1v) is 33.7. The van der Waals surface area contributed by atoms with Crippen LogP contribution in [-0.4, -0.2) is 99.4 Å². The smallest absolute Gasteiger partial charge is 0.294 e. The Kier molecular flexibility index (Phi) is 18.7. The molecule has 86 heavy (non-hydrogen) atoms. The first kappa shape index (κ1) is 62.7. The van der Waals surface area contributed by atoms with E-state index in [2.05, 4.69) is 28.6 Å². The molecule has 19 nitrogen and oxygen atoms in total. The Hall–Kier alpha value is -7.79. The first-order chi connectivity index (χ1) is 40.7. The third kappa shape index (κ3) is 14.7. The first-order valence-electron chi connectivity index (χ1n) is 27.8. The zero-order chi connectivity index (χ0) is 61.8. The van der Waals surface area contributed by atoms with E-state index >= 15 is 0 Å². The third-order valence-electron chi connectivity index (χ3n) is 15.5. The highest BCUT2D eigenvalue weighted by Gasteiger charge is 2.41. The molecule has 1 aliphatic carbocycles. The molecular weight excluding hydrogens is 1180 g/mol. The van der Waals surface area contributed by atoms with Crippen LogP contribution < -0.4 is 19.9 Å². The van der Waals surface area contributed by atoms with E-state index in [1.807, 2.05) is 85.2 Å². The monoisotopic (exact) mass is 1250 g/mol. The van der Waals surface area contributed by atoms with E-state index in [1.54, 1.807) is 17.0 Å². The standard InChI is InChI=1S/C63H64N4O15S4/c1-43-53-40-51(85(76,77)78)29-32-57(53)65(37-11-12-39-83(70,71)72)55(43)31-23-46-17-13-18-47(62(46)82-49-25-27-50(28-26-49)84(73,74)75)24-34-59-63(2,3)54-41-52(86(79,80)81)30-33-58(54)66(59)38-10-4-5-20-60(68)64-36-35-61(69)67-42-48-16-7-6-14-44(48)21-22-45-15-8-9-19-56(45)67/h6-9,14-16,19,23-34,40-41H,1,4-5,10-13,17-18,20,35-39,42H2,2-3H3,(H4-,64,68,70,71,72,73,74,75,76,77,78,79,80,81)/p+1. The number of anilines is 2. The Morgan fingerprint density at radius 2 is 1.37 bits per heavy atom. The maximum absolute atomic E-state index is 13.8. The number of nitrogens with zero attached hydrogens (tertiary/aromatic N) is 3. The van der Waals surface area contributed by atoms with Gasteiger partial charge in [-0.1, -0.05) is 75.1 Å². The van der Waals surface area contributed by atoms with E-state index in [0.29, 0.717) is 114 Å². The number of unbranched alkanes of at least 4 members (excludes halogenated alkanes) is 3. The number of allylic oxidation sites excluding steroid dienone is 8. The number of carbonyl (C=O) groups is 2. The highest BCUT2D eigenvalue weighted by molar-refractivity contribution is 7.86. The van der Waals surface area contributed by atoms with Crippen molar-refractivity contribution in [2.75, 3.05) is 35.2 Å². The lowest BCUT2D eigenvalue weighted by molar-refractivity contribution is -0.436. The number of para-hydroxylation sites is 1. The minimum absolute atomic E-state index is 0.0795. The van der Waals surface area contributed by atoms with Gasteiger partial charge in [0.1, 0.15) is 18.1 Å². The molecule has 9 rings (SSSR count). The van der Waals surface area contributed by atoms with E-state index in [4.69, 9.17) is 4.74 Å². The van der Waals surface area contributed by atoms with E-state index in [-0.39, 0.29) is 64.6 Å². The highest BCUT2D eigenvalue weighted by atomic mass is 32.2. The van der Waals surface area contributed by atoms with Crippen molar-refractivity contribution in [2.24, 2.45) is 0 Å². The van der Waals surface area contributed by atoms with Gasteiger partial charge in [-0.15, -0.1) is 0 Å². The summed E-state index contributed by atoms with van der Waals surface area (Å²) in [5, 5.41) is 2.91. The van der Waals surface area contributed by atoms with Crippen molar-refractivity contribution in [2.45, 2.75) is 105 Å². The van der Waals surface area contributed by atoms with Gasteiger partial charge in [0.15, 0.2) is 0 Å². The van der Waals surface area contributed by atoms with Crippen LogP contribution in [0, 0.1) is 11.8 Å². The normalized spacial score (nSPS) is 16.8. The molecule has 5 aromatic carbocycles. The third-order valence-corrected chi connectivity index (χ3v) is 18.9. The van der Waals surface area contributed by atoms with Crippen molar-refractivity contribution < 1.29 is 70.8 Å². The molecule has 23 heteroatoms. The number of hydrogen-bond donors (Lipinski definition) is 5. The van der Waals surface area contributed by atoms with E-state index in [1.165, 1.54) is 54.6 Å². The Bertz CT molecular complexity index is 4270. The number of hydrogen-bond acceptors (Lipinski definition) is 12. The zero-order valence-electron chi connectivity index (χ0n) is 47.3. The van der Waals surface area contributed by atoms with E-state index < -0.39 is 51.6 Å². The summed E-state index contributed by atoms with van der Waals surface area (Å²) in [6, 6.07) is 28.9. The van der Waals surface area contributed by atoms with Crippen molar-refractivity contribution in [1.29, 1.82) is 0 Å². The van der Waals surface area contributed by atoms with Crippen LogP contribution in [0.2, 0.25) is 0 Å². The molecule has 0 aromatic heterocycles. The topological polar surface area (TPSA) is 282 Å². The molecule has 450 valence electrons. The molecule has 2 amide bonds. The number of amides is 2. The minimum Gasteiger partial charge on any atom is -0.457 e. The summed E-state index contributed by atoms with van der Waals surface area (Å²) in [4.78, 5) is 29.8. The number of carbonyl (C=O) groups excluding carboxylic acids is 2. The van der Waals surface area contributed by atoms with Crippen molar-refractivity contribution in [1.82, 2.24) is 5.32 Å². The van der Waals surface area contributed by atoms with Gasteiger partial charge >= 0.3 is 0 Å². The molecule has 3 heterocycles. The molecule has 3 aliphatic heterocycles. The summed E-state index contributed by atoms with van der Waals surface area (Å²) in [6.45, 7) is 9.31. The highest BCUT2D eigenvalue weighted by Crippen LogP contribution is 2.49. The van der Waals surface area contributed by atoms with Gasteiger partial charge in [-0.05, 0) is 146 Å². The fraction of sp³-hybridized carbons (Fsp3) is 0.286. The van der Waals surface area contributed by atoms with Crippen LogP contribution in [0.4, 0.5) is 17.1 Å². The fourth-order valence-electron chi connectivity index (χ4n) is 11.1. The number of benzene rings is 5. The maximum atomic E-state index is 13.8. The molecule has 0 spiro atoms. The molecule has 0 fully saturated rings. The Balaban J connectivity index is 0.964. The number of ether oxygens (including phenoxy) is 1. The van der Waals surface area contributed by atoms with Gasteiger partial charge in [-0.3, -0.25) is 27.8 Å². The fourth-order valence-corrected chi connectivity index (χ4v) is 13.2.